The van der Waals surface area contributed by atoms with E-state index in [4.69, 9.17) is 4.74 Å². The van der Waals surface area contributed by atoms with Crippen LogP contribution < -0.4 is 9.64 Å². The summed E-state index contributed by atoms with van der Waals surface area (Å²) in [7, 11) is 2.18. The summed E-state index contributed by atoms with van der Waals surface area (Å²) in [6, 6.07) is 26.4. The molecule has 2 unspecified atom stereocenters. The van der Waals surface area contributed by atoms with Gasteiger partial charge >= 0.3 is 0 Å². The van der Waals surface area contributed by atoms with Gasteiger partial charge in [0.2, 0.25) is 0 Å². The minimum Gasteiger partial charge on any atom is -0.488 e. The summed E-state index contributed by atoms with van der Waals surface area (Å²) in [5.74, 6) is 0.830. The van der Waals surface area contributed by atoms with E-state index in [1.54, 1.807) is 16.7 Å². The standard InChI is InChI=1S/C28H30N2O2S/c1-29-15-17-30(18-16-29)19-20-32-23-13-11-21(12-14-23)27(31)26-24-9-5-6-10-25(24)33-28(26)22-7-3-2-4-8-22/h2-14,26,28H,15-20H2,1H3/p+1. The fourth-order valence-electron chi connectivity index (χ4n) is 4.79. The molecule has 33 heavy (non-hydrogen) atoms. The average Bonchev–Trinajstić information content (AvgIpc) is 3.25. The molecular weight excluding hydrogens is 428 g/mol. The van der Waals surface area contributed by atoms with Gasteiger partial charge in [0.1, 0.15) is 18.9 Å². The van der Waals surface area contributed by atoms with Gasteiger partial charge in [0.15, 0.2) is 5.78 Å². The van der Waals surface area contributed by atoms with Gasteiger partial charge in [-0.05, 0) is 48.5 Å². The number of likely N-dealkylation sites (N-methyl/N-ethyl adjacent to an activating group) is 1. The number of piperazine rings is 1. The molecule has 5 rings (SSSR count). The minimum absolute atomic E-state index is 0.0959. The molecule has 4 nitrogen and oxygen atoms in total. The zero-order valence-electron chi connectivity index (χ0n) is 19.1. The first-order chi connectivity index (χ1) is 16.2. The second-order valence-electron chi connectivity index (χ2n) is 9.00. The highest BCUT2D eigenvalue weighted by Crippen LogP contribution is 2.55. The molecule has 0 radical (unpaired) electrons. The third kappa shape index (κ3) is 5.01. The number of hydrogen-bond acceptors (Lipinski definition) is 4. The summed E-state index contributed by atoms with van der Waals surface area (Å²) < 4.78 is 5.99. The van der Waals surface area contributed by atoms with E-state index in [9.17, 15) is 4.79 Å². The number of carbonyl (C=O) groups excluding carboxylic acids is 1. The van der Waals surface area contributed by atoms with Crippen molar-refractivity contribution in [1.29, 1.82) is 0 Å². The molecule has 0 aliphatic carbocycles. The molecule has 2 atom stereocenters. The number of hydrogen-bond donors (Lipinski definition) is 1. The number of quaternary nitrogens is 1. The Morgan fingerprint density at radius 2 is 1.67 bits per heavy atom. The maximum Gasteiger partial charge on any atom is 0.171 e. The van der Waals surface area contributed by atoms with Gasteiger partial charge in [-0.1, -0.05) is 48.5 Å². The van der Waals surface area contributed by atoms with Gasteiger partial charge in [-0.15, -0.1) is 11.8 Å². The van der Waals surface area contributed by atoms with Crippen molar-refractivity contribution in [2.75, 3.05) is 46.4 Å². The zero-order chi connectivity index (χ0) is 22.6. The molecule has 2 heterocycles. The highest BCUT2D eigenvalue weighted by atomic mass is 32.2. The van der Waals surface area contributed by atoms with Crippen molar-refractivity contribution in [2.45, 2.75) is 16.1 Å². The fraction of sp³-hybridized carbons (Fsp3) is 0.321. The van der Waals surface area contributed by atoms with E-state index >= 15 is 0 Å². The highest BCUT2D eigenvalue weighted by molar-refractivity contribution is 8.00. The van der Waals surface area contributed by atoms with Crippen molar-refractivity contribution in [1.82, 2.24) is 4.90 Å². The van der Waals surface area contributed by atoms with Crippen molar-refractivity contribution < 1.29 is 14.4 Å². The number of ether oxygens (including phenoxy) is 1. The molecule has 3 aromatic carbocycles. The van der Waals surface area contributed by atoms with Crippen molar-refractivity contribution in [3.8, 4) is 5.75 Å². The lowest BCUT2D eigenvalue weighted by atomic mass is 9.85. The van der Waals surface area contributed by atoms with E-state index in [1.165, 1.54) is 23.5 Å². The van der Waals surface area contributed by atoms with E-state index in [2.05, 4.69) is 54.4 Å². The van der Waals surface area contributed by atoms with Crippen LogP contribution in [-0.4, -0.2) is 57.1 Å². The molecule has 0 bridgehead atoms. The summed E-state index contributed by atoms with van der Waals surface area (Å²) >= 11 is 1.80. The summed E-state index contributed by atoms with van der Waals surface area (Å²) in [5, 5.41) is 0.0959. The predicted molar refractivity (Wildman–Crippen MR) is 134 cm³/mol. The molecule has 2 aliphatic rings. The van der Waals surface area contributed by atoms with E-state index in [0.717, 1.165) is 36.5 Å². The second-order valence-corrected chi connectivity index (χ2v) is 10.2. The van der Waals surface area contributed by atoms with Gasteiger partial charge in [0.05, 0.1) is 19.0 Å². The predicted octanol–water partition coefficient (Wildman–Crippen LogP) is 3.71. The third-order valence-electron chi connectivity index (χ3n) is 6.78. The van der Waals surface area contributed by atoms with Crippen LogP contribution in [0.4, 0.5) is 0 Å². The van der Waals surface area contributed by atoms with Crippen molar-refractivity contribution in [2.24, 2.45) is 0 Å². The van der Waals surface area contributed by atoms with Crippen molar-refractivity contribution >= 4 is 17.5 Å². The zero-order valence-corrected chi connectivity index (χ0v) is 19.9. The molecule has 2 aliphatic heterocycles. The van der Waals surface area contributed by atoms with Crippen LogP contribution in [0, 0.1) is 0 Å². The Morgan fingerprint density at radius 1 is 0.970 bits per heavy atom. The van der Waals surface area contributed by atoms with E-state index in [0.29, 0.717) is 6.61 Å². The molecule has 1 N–H and O–H groups in total. The van der Waals surface area contributed by atoms with Gasteiger partial charge in [0.25, 0.3) is 0 Å². The Labute approximate surface area is 200 Å². The number of carbonyl (C=O) groups is 1. The van der Waals surface area contributed by atoms with Crippen LogP contribution in [0.3, 0.4) is 0 Å². The SMILES string of the molecule is CN1CC[NH+](CCOc2ccc(C(=O)C3c4ccccc4SC3c3ccccc3)cc2)CC1. The highest BCUT2D eigenvalue weighted by Gasteiger charge is 2.39. The Hall–Kier alpha value is -2.60. The Bertz CT molecular complexity index is 1080. The van der Waals surface area contributed by atoms with Crippen molar-refractivity contribution in [3.05, 3.63) is 95.6 Å². The molecule has 0 saturated carbocycles. The quantitative estimate of drug-likeness (QED) is 0.546. The minimum atomic E-state index is -0.179. The molecule has 5 heteroatoms. The molecule has 0 aromatic heterocycles. The number of nitrogens with zero attached hydrogens (tertiary/aromatic N) is 1. The molecular formula is C28H31N2O2S+. The maximum absolute atomic E-state index is 13.7. The molecule has 170 valence electrons. The number of rotatable bonds is 7. The van der Waals surface area contributed by atoms with Crippen LogP contribution in [0.15, 0.2) is 83.8 Å². The normalized spacial score (nSPS) is 21.0. The first kappa shape index (κ1) is 22.2. The molecule has 0 amide bonds. The molecule has 3 aromatic rings. The first-order valence-electron chi connectivity index (χ1n) is 11.8. The van der Waals surface area contributed by atoms with Crippen LogP contribution in [0.25, 0.3) is 0 Å². The summed E-state index contributed by atoms with van der Waals surface area (Å²) in [6.45, 7) is 6.38. The summed E-state index contributed by atoms with van der Waals surface area (Å²) in [6.07, 6.45) is 0. The number of fused-ring (bicyclic) bond motifs is 1. The van der Waals surface area contributed by atoms with Crippen LogP contribution in [0.1, 0.15) is 32.7 Å². The fourth-order valence-corrected chi connectivity index (χ4v) is 6.25. The topological polar surface area (TPSA) is 34.0 Å². The van der Waals surface area contributed by atoms with Gasteiger partial charge < -0.3 is 9.64 Å². The molecule has 1 fully saturated rings. The Morgan fingerprint density at radius 3 is 2.42 bits per heavy atom. The van der Waals surface area contributed by atoms with Crippen LogP contribution in [-0.2, 0) is 0 Å². The van der Waals surface area contributed by atoms with Gasteiger partial charge in [-0.25, -0.2) is 0 Å². The second kappa shape index (κ2) is 10.1. The van der Waals surface area contributed by atoms with Crippen LogP contribution in [0.5, 0.6) is 5.75 Å². The third-order valence-corrected chi connectivity index (χ3v) is 8.20. The first-order valence-corrected chi connectivity index (χ1v) is 12.7. The number of benzene rings is 3. The van der Waals surface area contributed by atoms with Gasteiger partial charge in [-0.3, -0.25) is 9.69 Å². The smallest absolute Gasteiger partial charge is 0.171 e. The summed E-state index contributed by atoms with van der Waals surface area (Å²) in [4.78, 5) is 18.9. The number of ketones is 1. The lowest BCUT2D eigenvalue weighted by Crippen LogP contribution is -3.15. The monoisotopic (exact) mass is 459 g/mol. The van der Waals surface area contributed by atoms with E-state index in [-0.39, 0.29) is 17.0 Å². The van der Waals surface area contributed by atoms with Crippen molar-refractivity contribution in [3.63, 3.8) is 0 Å². The van der Waals surface area contributed by atoms with E-state index < -0.39 is 0 Å². The number of Topliss-reactive ketones (excluding diaryl/α,β-unsaturated/α-hetero) is 1. The van der Waals surface area contributed by atoms with E-state index in [1.807, 2.05) is 36.4 Å². The Balaban J connectivity index is 1.27. The summed E-state index contributed by atoms with van der Waals surface area (Å²) in [5.41, 5.74) is 3.08. The largest absolute Gasteiger partial charge is 0.488 e. The van der Waals surface area contributed by atoms with Crippen LogP contribution in [0.2, 0.25) is 0 Å². The number of thioether (sulfide) groups is 1. The number of nitrogens with one attached hydrogen (secondary N) is 1. The maximum atomic E-state index is 13.7. The Kier molecular flexibility index (Phi) is 6.81. The lowest BCUT2D eigenvalue weighted by Gasteiger charge is -2.29. The average molecular weight is 460 g/mol. The molecule has 0 spiro atoms. The lowest BCUT2D eigenvalue weighted by molar-refractivity contribution is -0.904. The molecule has 1 saturated heterocycles. The van der Waals surface area contributed by atoms with Crippen LogP contribution >= 0.6 is 11.8 Å². The van der Waals surface area contributed by atoms with Gasteiger partial charge in [0, 0.05) is 28.8 Å². The van der Waals surface area contributed by atoms with Gasteiger partial charge in [-0.2, -0.15) is 0 Å².